The summed E-state index contributed by atoms with van der Waals surface area (Å²) < 4.78 is 2.49. The predicted molar refractivity (Wildman–Crippen MR) is 107 cm³/mol. The maximum Gasteiger partial charge on any atom is 0.269 e. The standard InChI is InChI=1S/C20H16N4O2S/c1-12-3-4-15(9-13(12)2)17-10-21-20-22-18(11-23(20)19(17)27)14-5-7-16(8-6-14)24(25)26/h3-11H,1-2H3,(H,21,22). The van der Waals surface area contributed by atoms with Crippen LogP contribution in [-0.2, 0) is 0 Å². The Hall–Kier alpha value is -3.32. The summed E-state index contributed by atoms with van der Waals surface area (Å²) in [5, 5.41) is 10.8. The Morgan fingerprint density at radius 2 is 1.78 bits per heavy atom. The highest BCUT2D eigenvalue weighted by atomic mass is 32.1. The van der Waals surface area contributed by atoms with Gasteiger partial charge >= 0.3 is 0 Å². The molecule has 0 radical (unpaired) electrons. The summed E-state index contributed by atoms with van der Waals surface area (Å²) in [4.78, 5) is 18.1. The van der Waals surface area contributed by atoms with Crippen molar-refractivity contribution in [3.05, 3.63) is 80.7 Å². The Bertz CT molecular complexity index is 1240. The van der Waals surface area contributed by atoms with E-state index in [0.717, 1.165) is 22.4 Å². The molecule has 27 heavy (non-hydrogen) atoms. The van der Waals surface area contributed by atoms with Gasteiger partial charge in [0.05, 0.1) is 10.6 Å². The maximum absolute atomic E-state index is 10.8. The topological polar surface area (TPSA) is 76.2 Å². The van der Waals surface area contributed by atoms with E-state index in [0.29, 0.717) is 10.4 Å². The number of non-ortho nitro benzene ring substituents is 1. The highest BCUT2D eigenvalue weighted by molar-refractivity contribution is 7.71. The van der Waals surface area contributed by atoms with Gasteiger partial charge in [0.1, 0.15) is 4.64 Å². The normalized spacial score (nSPS) is 11.0. The van der Waals surface area contributed by atoms with E-state index in [9.17, 15) is 10.1 Å². The first-order chi connectivity index (χ1) is 12.9. The zero-order chi connectivity index (χ0) is 19.1. The lowest BCUT2D eigenvalue weighted by molar-refractivity contribution is -0.384. The monoisotopic (exact) mass is 376 g/mol. The van der Waals surface area contributed by atoms with Gasteiger partial charge < -0.3 is 4.98 Å². The van der Waals surface area contributed by atoms with Crippen molar-refractivity contribution < 1.29 is 4.92 Å². The Balaban J connectivity index is 1.81. The number of hydrogen-bond acceptors (Lipinski definition) is 4. The maximum atomic E-state index is 10.8. The first kappa shape index (κ1) is 17.1. The van der Waals surface area contributed by atoms with E-state index in [1.54, 1.807) is 18.3 Å². The van der Waals surface area contributed by atoms with Crippen LogP contribution >= 0.6 is 12.2 Å². The molecule has 0 amide bonds. The van der Waals surface area contributed by atoms with Crippen LogP contribution in [0.2, 0.25) is 0 Å². The molecule has 0 saturated carbocycles. The van der Waals surface area contributed by atoms with Crippen molar-refractivity contribution in [1.29, 1.82) is 0 Å². The molecule has 0 unspecified atom stereocenters. The molecule has 0 fully saturated rings. The molecule has 4 rings (SSSR count). The van der Waals surface area contributed by atoms with Crippen molar-refractivity contribution in [2.45, 2.75) is 13.8 Å². The number of nitrogens with zero attached hydrogens (tertiary/aromatic N) is 3. The lowest BCUT2D eigenvalue weighted by atomic mass is 10.0. The molecule has 0 bridgehead atoms. The molecule has 2 aromatic carbocycles. The lowest BCUT2D eigenvalue weighted by Gasteiger charge is -2.06. The zero-order valence-electron chi connectivity index (χ0n) is 14.8. The second kappa shape index (κ2) is 6.44. The number of hydrogen-bond donors (Lipinski definition) is 1. The van der Waals surface area contributed by atoms with Gasteiger partial charge in [-0.25, -0.2) is 4.98 Å². The third-order valence-corrected chi connectivity index (χ3v) is 5.12. The Morgan fingerprint density at radius 1 is 1.07 bits per heavy atom. The van der Waals surface area contributed by atoms with Crippen molar-refractivity contribution in [1.82, 2.24) is 14.4 Å². The highest BCUT2D eigenvalue weighted by Crippen LogP contribution is 2.26. The minimum absolute atomic E-state index is 0.0571. The van der Waals surface area contributed by atoms with E-state index in [1.807, 2.05) is 16.7 Å². The summed E-state index contributed by atoms with van der Waals surface area (Å²) in [7, 11) is 0. The summed E-state index contributed by atoms with van der Waals surface area (Å²) in [6, 6.07) is 12.6. The third kappa shape index (κ3) is 3.02. The van der Waals surface area contributed by atoms with Crippen LogP contribution < -0.4 is 0 Å². The minimum Gasteiger partial charge on any atom is -0.323 e. The summed E-state index contributed by atoms with van der Waals surface area (Å²) in [6.07, 6.45) is 3.65. The molecule has 1 N–H and O–H groups in total. The van der Waals surface area contributed by atoms with Crippen LogP contribution in [0.5, 0.6) is 0 Å². The summed E-state index contributed by atoms with van der Waals surface area (Å²) in [5.74, 6) is 0.626. The van der Waals surface area contributed by atoms with Gasteiger partial charge in [-0.15, -0.1) is 0 Å². The number of aryl methyl sites for hydroxylation is 2. The van der Waals surface area contributed by atoms with Crippen LogP contribution in [0.3, 0.4) is 0 Å². The number of benzene rings is 2. The van der Waals surface area contributed by atoms with E-state index < -0.39 is 4.92 Å². The van der Waals surface area contributed by atoms with E-state index >= 15 is 0 Å². The van der Waals surface area contributed by atoms with Gasteiger partial charge in [0.25, 0.3) is 5.69 Å². The molecule has 0 aliphatic carbocycles. The number of nitrogens with one attached hydrogen (secondary N) is 1. The molecule has 0 spiro atoms. The Labute approximate surface area is 160 Å². The van der Waals surface area contributed by atoms with Crippen LogP contribution in [0, 0.1) is 28.6 Å². The molecular formula is C20H16N4O2S. The number of fused-ring (bicyclic) bond motifs is 1. The number of H-pyrrole nitrogens is 1. The van der Waals surface area contributed by atoms with Crippen molar-refractivity contribution in [3.63, 3.8) is 0 Å². The van der Waals surface area contributed by atoms with Crippen molar-refractivity contribution in [2.75, 3.05) is 0 Å². The van der Waals surface area contributed by atoms with Crippen LogP contribution in [0.1, 0.15) is 11.1 Å². The fourth-order valence-electron chi connectivity index (χ4n) is 2.98. The number of imidazole rings is 1. The van der Waals surface area contributed by atoms with Crippen LogP contribution in [0.25, 0.3) is 28.2 Å². The first-order valence-electron chi connectivity index (χ1n) is 8.37. The largest absolute Gasteiger partial charge is 0.323 e. The van der Waals surface area contributed by atoms with Crippen LogP contribution in [0.15, 0.2) is 54.9 Å². The van der Waals surface area contributed by atoms with Crippen LogP contribution in [-0.4, -0.2) is 19.3 Å². The summed E-state index contributed by atoms with van der Waals surface area (Å²) in [5.41, 5.74) is 6.03. The molecule has 0 saturated heterocycles. The van der Waals surface area contributed by atoms with Crippen molar-refractivity contribution in [3.8, 4) is 22.4 Å². The summed E-state index contributed by atoms with van der Waals surface area (Å²) >= 11 is 5.68. The molecule has 0 aliphatic rings. The number of aromatic nitrogens is 3. The predicted octanol–water partition coefficient (Wildman–Crippen LogP) is 5.25. The molecule has 7 heteroatoms. The van der Waals surface area contributed by atoms with Gasteiger partial charge in [-0.2, -0.15) is 0 Å². The van der Waals surface area contributed by atoms with E-state index in [4.69, 9.17) is 12.2 Å². The summed E-state index contributed by atoms with van der Waals surface area (Å²) in [6.45, 7) is 4.15. The molecule has 2 heterocycles. The number of aromatic amines is 1. The third-order valence-electron chi connectivity index (χ3n) is 4.71. The average Bonchev–Trinajstić information content (AvgIpc) is 3.10. The van der Waals surface area contributed by atoms with Crippen molar-refractivity contribution in [2.24, 2.45) is 0 Å². The second-order valence-corrected chi connectivity index (χ2v) is 6.83. The van der Waals surface area contributed by atoms with Crippen LogP contribution in [0.4, 0.5) is 5.69 Å². The fourth-order valence-corrected chi connectivity index (χ4v) is 3.29. The van der Waals surface area contributed by atoms with Crippen molar-refractivity contribution >= 4 is 23.7 Å². The van der Waals surface area contributed by atoms with Gasteiger partial charge in [0.2, 0.25) is 5.78 Å². The molecule has 134 valence electrons. The second-order valence-electron chi connectivity index (χ2n) is 6.44. The average molecular weight is 376 g/mol. The molecule has 0 aliphatic heterocycles. The highest BCUT2D eigenvalue weighted by Gasteiger charge is 2.11. The molecular weight excluding hydrogens is 360 g/mol. The fraction of sp³-hybridized carbons (Fsp3) is 0.100. The van der Waals surface area contributed by atoms with Gasteiger partial charge in [0, 0.05) is 35.7 Å². The Morgan fingerprint density at radius 3 is 2.44 bits per heavy atom. The van der Waals surface area contributed by atoms with Gasteiger partial charge in [-0.3, -0.25) is 14.5 Å². The minimum atomic E-state index is -0.414. The smallest absolute Gasteiger partial charge is 0.269 e. The lowest BCUT2D eigenvalue weighted by Crippen LogP contribution is -1.93. The zero-order valence-corrected chi connectivity index (χ0v) is 15.6. The number of nitro benzene ring substituents is 1. The van der Waals surface area contributed by atoms with E-state index in [-0.39, 0.29) is 5.69 Å². The van der Waals surface area contributed by atoms with E-state index in [1.165, 1.54) is 23.3 Å². The van der Waals surface area contributed by atoms with Gasteiger partial charge in [-0.1, -0.05) is 30.4 Å². The molecule has 4 aromatic rings. The molecule has 0 atom stereocenters. The molecule has 2 aromatic heterocycles. The van der Waals surface area contributed by atoms with Gasteiger partial charge in [-0.05, 0) is 42.7 Å². The van der Waals surface area contributed by atoms with E-state index in [2.05, 4.69) is 35.9 Å². The first-order valence-corrected chi connectivity index (χ1v) is 8.78. The molecule has 6 nitrogen and oxygen atoms in total. The quantitative estimate of drug-likeness (QED) is 0.301. The number of nitro groups is 1. The van der Waals surface area contributed by atoms with Gasteiger partial charge in [0.15, 0.2) is 0 Å². The number of rotatable bonds is 3. The Kier molecular flexibility index (Phi) is 4.08. The SMILES string of the molecule is Cc1ccc(-c2cnc3[nH]c(-c4ccc([N+](=O)[O-])cc4)cn3c2=S)cc1C.